The summed E-state index contributed by atoms with van der Waals surface area (Å²) in [6.07, 6.45) is 7.29. The van der Waals surface area contributed by atoms with Gasteiger partial charge in [-0.05, 0) is 43.4 Å². The van der Waals surface area contributed by atoms with Gasteiger partial charge < -0.3 is 9.84 Å². The number of thiol groups is 1. The fourth-order valence-corrected chi connectivity index (χ4v) is 3.51. The zero-order valence-electron chi connectivity index (χ0n) is 9.27. The lowest BCUT2D eigenvalue weighted by atomic mass is 9.70. The summed E-state index contributed by atoms with van der Waals surface area (Å²) in [5.74, 6) is 2.20. The van der Waals surface area contributed by atoms with Crippen LogP contribution in [0.1, 0.15) is 38.5 Å². The van der Waals surface area contributed by atoms with Crippen LogP contribution in [0.15, 0.2) is 0 Å². The molecule has 1 aliphatic heterocycles. The second-order valence-electron chi connectivity index (χ2n) is 4.99. The van der Waals surface area contributed by atoms with Gasteiger partial charge in [0.05, 0.1) is 12.0 Å². The maximum atomic E-state index is 9.08. The van der Waals surface area contributed by atoms with Gasteiger partial charge in [0.25, 0.3) is 0 Å². The van der Waals surface area contributed by atoms with E-state index in [-0.39, 0.29) is 5.44 Å². The second-order valence-corrected chi connectivity index (χ2v) is 5.57. The summed E-state index contributed by atoms with van der Waals surface area (Å²) in [5, 5.41) is 9.08. The van der Waals surface area contributed by atoms with E-state index in [1.54, 1.807) is 0 Å². The molecule has 1 saturated carbocycles. The van der Waals surface area contributed by atoms with Gasteiger partial charge in [0.2, 0.25) is 0 Å². The third-order valence-corrected chi connectivity index (χ3v) is 4.53. The van der Waals surface area contributed by atoms with Crippen LogP contribution in [0.25, 0.3) is 0 Å². The normalized spacial score (nSPS) is 42.0. The van der Waals surface area contributed by atoms with Gasteiger partial charge in [0, 0.05) is 6.61 Å². The molecule has 2 nitrogen and oxygen atoms in total. The average Bonchev–Trinajstić information content (AvgIpc) is 2.43. The van der Waals surface area contributed by atoms with Gasteiger partial charge in [0.15, 0.2) is 0 Å². The SMILES string of the molecule is OCCC1CCC[C@@H]2CCC(S)OCC12. The molecule has 0 radical (unpaired) electrons. The maximum absolute atomic E-state index is 9.08. The molecule has 0 bridgehead atoms. The number of aliphatic hydroxyl groups is 1. The molecule has 0 aromatic heterocycles. The highest BCUT2D eigenvalue weighted by Crippen LogP contribution is 2.41. The van der Waals surface area contributed by atoms with Gasteiger partial charge >= 0.3 is 0 Å². The van der Waals surface area contributed by atoms with Crippen molar-refractivity contribution < 1.29 is 9.84 Å². The highest BCUT2D eigenvalue weighted by atomic mass is 32.1. The first kappa shape index (κ1) is 11.7. The number of hydrogen-bond acceptors (Lipinski definition) is 3. The van der Waals surface area contributed by atoms with Gasteiger partial charge in [-0.15, -0.1) is 12.6 Å². The predicted molar refractivity (Wildman–Crippen MR) is 64.0 cm³/mol. The molecule has 88 valence electrons. The Morgan fingerprint density at radius 2 is 2.07 bits per heavy atom. The molecular weight excluding hydrogens is 208 g/mol. The van der Waals surface area contributed by atoms with E-state index in [0.717, 1.165) is 25.4 Å². The lowest BCUT2D eigenvalue weighted by Crippen LogP contribution is -2.31. The van der Waals surface area contributed by atoms with Crippen molar-refractivity contribution in [2.24, 2.45) is 17.8 Å². The van der Waals surface area contributed by atoms with E-state index in [2.05, 4.69) is 12.6 Å². The van der Waals surface area contributed by atoms with Crippen LogP contribution < -0.4 is 0 Å². The molecule has 2 aliphatic rings. The molecule has 0 spiro atoms. The summed E-state index contributed by atoms with van der Waals surface area (Å²) in [7, 11) is 0. The van der Waals surface area contributed by atoms with Crippen molar-refractivity contribution in [3.63, 3.8) is 0 Å². The first-order valence-corrected chi connectivity index (χ1v) is 6.73. The van der Waals surface area contributed by atoms with E-state index in [4.69, 9.17) is 9.84 Å². The van der Waals surface area contributed by atoms with Gasteiger partial charge in [-0.25, -0.2) is 0 Å². The average molecular weight is 230 g/mol. The van der Waals surface area contributed by atoms with Crippen LogP contribution >= 0.6 is 12.6 Å². The molecule has 1 aliphatic carbocycles. The lowest BCUT2D eigenvalue weighted by molar-refractivity contribution is 0.0359. The molecule has 2 fully saturated rings. The number of fused-ring (bicyclic) bond motifs is 1. The lowest BCUT2D eigenvalue weighted by Gasteiger charge is -2.36. The van der Waals surface area contributed by atoms with E-state index < -0.39 is 0 Å². The first-order chi connectivity index (χ1) is 7.31. The molecule has 0 aromatic carbocycles. The molecule has 1 N–H and O–H groups in total. The van der Waals surface area contributed by atoms with E-state index in [1.165, 1.54) is 25.7 Å². The standard InChI is InChI=1S/C12H22O2S/c13-7-6-10-3-1-2-9-4-5-12(15)14-8-11(9)10/h9-13,15H,1-8H2/t9-,10?,11?,12?/m1/s1. The smallest absolute Gasteiger partial charge is 0.0999 e. The van der Waals surface area contributed by atoms with Crippen LogP contribution in [0.2, 0.25) is 0 Å². The monoisotopic (exact) mass is 230 g/mol. The third-order valence-electron chi connectivity index (χ3n) is 4.13. The topological polar surface area (TPSA) is 29.5 Å². The van der Waals surface area contributed by atoms with Crippen LogP contribution in [0.5, 0.6) is 0 Å². The Morgan fingerprint density at radius 1 is 1.20 bits per heavy atom. The molecule has 3 unspecified atom stereocenters. The molecule has 1 saturated heterocycles. The summed E-state index contributed by atoms with van der Waals surface area (Å²) in [6.45, 7) is 1.20. The third kappa shape index (κ3) is 2.89. The van der Waals surface area contributed by atoms with Crippen molar-refractivity contribution in [1.29, 1.82) is 0 Å². The fraction of sp³-hybridized carbons (Fsp3) is 1.00. The molecule has 15 heavy (non-hydrogen) atoms. The number of aliphatic hydroxyl groups excluding tert-OH is 1. The number of hydrogen-bond donors (Lipinski definition) is 2. The van der Waals surface area contributed by atoms with Crippen molar-refractivity contribution in [2.45, 2.75) is 44.0 Å². The Labute approximate surface area is 97.8 Å². The Balaban J connectivity index is 1.98. The molecule has 1 heterocycles. The Hall–Kier alpha value is 0.270. The number of rotatable bonds is 2. The van der Waals surface area contributed by atoms with Crippen LogP contribution in [0, 0.1) is 17.8 Å². The molecule has 2 rings (SSSR count). The largest absolute Gasteiger partial charge is 0.396 e. The van der Waals surface area contributed by atoms with Crippen molar-refractivity contribution in [1.82, 2.24) is 0 Å². The molecule has 3 heteroatoms. The highest BCUT2D eigenvalue weighted by molar-refractivity contribution is 7.80. The summed E-state index contributed by atoms with van der Waals surface area (Å²) < 4.78 is 5.73. The van der Waals surface area contributed by atoms with Gasteiger partial charge in [0.1, 0.15) is 0 Å². The Bertz CT molecular complexity index is 189. The summed E-state index contributed by atoms with van der Waals surface area (Å²) >= 11 is 4.42. The van der Waals surface area contributed by atoms with E-state index in [9.17, 15) is 0 Å². The zero-order chi connectivity index (χ0) is 10.7. The predicted octanol–water partition coefficient (Wildman–Crippen LogP) is 2.47. The van der Waals surface area contributed by atoms with Crippen molar-refractivity contribution in [3.8, 4) is 0 Å². The molecule has 4 atom stereocenters. The highest BCUT2D eigenvalue weighted by Gasteiger charge is 2.35. The van der Waals surface area contributed by atoms with Gasteiger partial charge in [-0.1, -0.05) is 12.8 Å². The molecular formula is C12H22O2S. The van der Waals surface area contributed by atoms with Crippen LogP contribution in [0.3, 0.4) is 0 Å². The van der Waals surface area contributed by atoms with Crippen molar-refractivity contribution >= 4 is 12.6 Å². The molecule has 0 amide bonds. The minimum atomic E-state index is 0.144. The minimum absolute atomic E-state index is 0.144. The Morgan fingerprint density at radius 3 is 2.87 bits per heavy atom. The Kier molecular flexibility index (Phi) is 4.35. The van der Waals surface area contributed by atoms with Gasteiger partial charge in [-0.2, -0.15) is 0 Å². The summed E-state index contributed by atoms with van der Waals surface area (Å²) in [4.78, 5) is 0. The maximum Gasteiger partial charge on any atom is 0.0999 e. The van der Waals surface area contributed by atoms with Gasteiger partial charge in [-0.3, -0.25) is 0 Å². The fourth-order valence-electron chi connectivity index (χ4n) is 3.27. The van der Waals surface area contributed by atoms with Crippen LogP contribution in [-0.4, -0.2) is 23.8 Å². The second kappa shape index (κ2) is 5.55. The summed E-state index contributed by atoms with van der Waals surface area (Å²) in [5.41, 5.74) is 0.144. The zero-order valence-corrected chi connectivity index (χ0v) is 10.2. The van der Waals surface area contributed by atoms with Crippen molar-refractivity contribution in [2.75, 3.05) is 13.2 Å². The van der Waals surface area contributed by atoms with Crippen molar-refractivity contribution in [3.05, 3.63) is 0 Å². The van der Waals surface area contributed by atoms with E-state index in [1.807, 2.05) is 0 Å². The van der Waals surface area contributed by atoms with Crippen LogP contribution in [-0.2, 0) is 4.74 Å². The molecule has 0 aromatic rings. The summed E-state index contributed by atoms with van der Waals surface area (Å²) in [6, 6.07) is 0. The number of ether oxygens (including phenoxy) is 1. The van der Waals surface area contributed by atoms with E-state index in [0.29, 0.717) is 18.4 Å². The minimum Gasteiger partial charge on any atom is -0.396 e. The first-order valence-electron chi connectivity index (χ1n) is 6.21. The van der Waals surface area contributed by atoms with E-state index >= 15 is 0 Å². The quantitative estimate of drug-likeness (QED) is 0.714. The van der Waals surface area contributed by atoms with Crippen LogP contribution in [0.4, 0.5) is 0 Å².